The zero-order chi connectivity index (χ0) is 18.8. The lowest BCUT2D eigenvalue weighted by Gasteiger charge is -2.09. The quantitative estimate of drug-likeness (QED) is 0.569. The van der Waals surface area contributed by atoms with Gasteiger partial charge in [0, 0.05) is 42.9 Å². The summed E-state index contributed by atoms with van der Waals surface area (Å²) in [6.07, 6.45) is 6.80. The SMILES string of the molecule is Cn1c(C(=O)NCC(=O)Nc2ccc(-n3ccnc3)cc2)cc2occc21. The summed E-state index contributed by atoms with van der Waals surface area (Å²) in [5.41, 5.74) is 3.47. The fourth-order valence-corrected chi connectivity index (χ4v) is 2.85. The van der Waals surface area contributed by atoms with Crippen LogP contribution in [0.2, 0.25) is 0 Å². The molecule has 4 aromatic rings. The molecule has 27 heavy (non-hydrogen) atoms. The summed E-state index contributed by atoms with van der Waals surface area (Å²) < 4.78 is 8.87. The van der Waals surface area contributed by atoms with Crippen LogP contribution < -0.4 is 10.6 Å². The summed E-state index contributed by atoms with van der Waals surface area (Å²) >= 11 is 0. The van der Waals surface area contributed by atoms with Gasteiger partial charge in [-0.1, -0.05) is 0 Å². The van der Waals surface area contributed by atoms with Crippen LogP contribution in [0, 0.1) is 0 Å². The number of aryl methyl sites for hydroxylation is 1. The number of imidazole rings is 1. The number of fused-ring (bicyclic) bond motifs is 1. The maximum atomic E-state index is 12.3. The largest absolute Gasteiger partial charge is 0.463 e. The van der Waals surface area contributed by atoms with Crippen LogP contribution in [0.3, 0.4) is 0 Å². The molecule has 0 aliphatic heterocycles. The number of aromatic nitrogens is 3. The number of hydrogen-bond acceptors (Lipinski definition) is 4. The maximum Gasteiger partial charge on any atom is 0.268 e. The molecule has 3 aromatic heterocycles. The minimum Gasteiger partial charge on any atom is -0.463 e. The molecule has 3 heterocycles. The minimum atomic E-state index is -0.338. The normalized spacial score (nSPS) is 10.9. The molecule has 0 atom stereocenters. The Hall–Kier alpha value is -3.81. The van der Waals surface area contributed by atoms with E-state index < -0.39 is 0 Å². The average molecular weight is 363 g/mol. The molecule has 0 unspecified atom stereocenters. The van der Waals surface area contributed by atoms with Gasteiger partial charge in [0.25, 0.3) is 5.91 Å². The summed E-state index contributed by atoms with van der Waals surface area (Å²) in [4.78, 5) is 28.4. The van der Waals surface area contributed by atoms with Gasteiger partial charge in [-0.15, -0.1) is 0 Å². The van der Waals surface area contributed by atoms with Gasteiger partial charge in [-0.2, -0.15) is 0 Å². The van der Waals surface area contributed by atoms with Crippen molar-refractivity contribution in [3.05, 3.63) is 67.1 Å². The molecule has 8 nitrogen and oxygen atoms in total. The van der Waals surface area contributed by atoms with Crippen LogP contribution in [0.5, 0.6) is 0 Å². The molecular weight excluding hydrogens is 346 g/mol. The number of carbonyl (C=O) groups is 2. The molecule has 4 rings (SSSR count). The molecule has 0 saturated carbocycles. The first-order chi connectivity index (χ1) is 13.1. The molecule has 0 aliphatic rings. The molecule has 0 bridgehead atoms. The van der Waals surface area contributed by atoms with Gasteiger partial charge in [0.1, 0.15) is 5.69 Å². The third-order valence-electron chi connectivity index (χ3n) is 4.26. The average Bonchev–Trinajstić information content (AvgIpc) is 3.40. The van der Waals surface area contributed by atoms with E-state index >= 15 is 0 Å². The summed E-state index contributed by atoms with van der Waals surface area (Å²) in [5.74, 6) is -0.647. The Morgan fingerprint density at radius 3 is 2.70 bits per heavy atom. The number of nitrogens with zero attached hydrogens (tertiary/aromatic N) is 3. The number of rotatable bonds is 5. The maximum absolute atomic E-state index is 12.3. The van der Waals surface area contributed by atoms with Crippen molar-refractivity contribution in [1.29, 1.82) is 0 Å². The van der Waals surface area contributed by atoms with Crippen molar-refractivity contribution in [3.8, 4) is 5.69 Å². The highest BCUT2D eigenvalue weighted by Gasteiger charge is 2.15. The third-order valence-corrected chi connectivity index (χ3v) is 4.26. The van der Waals surface area contributed by atoms with E-state index in [9.17, 15) is 9.59 Å². The lowest BCUT2D eigenvalue weighted by Crippen LogP contribution is -2.33. The van der Waals surface area contributed by atoms with Crippen molar-refractivity contribution in [2.24, 2.45) is 7.05 Å². The molecule has 0 radical (unpaired) electrons. The Bertz CT molecular complexity index is 1090. The van der Waals surface area contributed by atoms with Crippen LogP contribution in [0.15, 0.2) is 65.8 Å². The summed E-state index contributed by atoms with van der Waals surface area (Å²) in [6, 6.07) is 10.8. The van der Waals surface area contributed by atoms with Crippen molar-refractivity contribution in [2.45, 2.75) is 0 Å². The molecule has 0 aliphatic carbocycles. The van der Waals surface area contributed by atoms with Gasteiger partial charge in [0.05, 0.1) is 24.7 Å². The van der Waals surface area contributed by atoms with E-state index in [-0.39, 0.29) is 18.4 Å². The number of nitrogens with one attached hydrogen (secondary N) is 2. The Labute approximate surface area is 154 Å². The van der Waals surface area contributed by atoms with Crippen molar-refractivity contribution >= 4 is 28.6 Å². The predicted molar refractivity (Wildman–Crippen MR) is 99.7 cm³/mol. The Balaban J connectivity index is 1.34. The van der Waals surface area contributed by atoms with E-state index in [1.165, 1.54) is 0 Å². The van der Waals surface area contributed by atoms with E-state index in [1.807, 2.05) is 22.9 Å². The second kappa shape index (κ2) is 6.83. The molecular formula is C19H17N5O3. The number of carbonyl (C=O) groups excluding carboxylic acids is 2. The van der Waals surface area contributed by atoms with Crippen LogP contribution in [0.1, 0.15) is 10.5 Å². The van der Waals surface area contributed by atoms with Gasteiger partial charge in [0.15, 0.2) is 5.58 Å². The van der Waals surface area contributed by atoms with E-state index in [1.54, 1.807) is 54.7 Å². The predicted octanol–water partition coefficient (Wildman–Crippen LogP) is 2.33. The second-order valence-corrected chi connectivity index (χ2v) is 6.01. The fraction of sp³-hybridized carbons (Fsp3) is 0.105. The fourth-order valence-electron chi connectivity index (χ4n) is 2.85. The van der Waals surface area contributed by atoms with Gasteiger partial charge >= 0.3 is 0 Å². The molecule has 136 valence electrons. The minimum absolute atomic E-state index is 0.130. The first-order valence-corrected chi connectivity index (χ1v) is 8.31. The summed E-state index contributed by atoms with van der Waals surface area (Å²) in [5, 5.41) is 5.37. The lowest BCUT2D eigenvalue weighted by molar-refractivity contribution is -0.115. The third kappa shape index (κ3) is 3.32. The molecule has 0 spiro atoms. The zero-order valence-corrected chi connectivity index (χ0v) is 14.5. The number of amides is 2. The Morgan fingerprint density at radius 2 is 2.00 bits per heavy atom. The van der Waals surface area contributed by atoms with Crippen LogP contribution in [-0.4, -0.2) is 32.5 Å². The lowest BCUT2D eigenvalue weighted by atomic mass is 10.2. The van der Waals surface area contributed by atoms with E-state index in [4.69, 9.17) is 4.42 Å². The molecule has 2 amide bonds. The highest BCUT2D eigenvalue weighted by atomic mass is 16.3. The number of furan rings is 1. The first kappa shape index (κ1) is 16.6. The van der Waals surface area contributed by atoms with Crippen molar-refractivity contribution in [1.82, 2.24) is 19.4 Å². The molecule has 0 saturated heterocycles. The van der Waals surface area contributed by atoms with Crippen molar-refractivity contribution in [3.63, 3.8) is 0 Å². The van der Waals surface area contributed by atoms with Crippen molar-refractivity contribution in [2.75, 3.05) is 11.9 Å². The molecule has 8 heteroatoms. The first-order valence-electron chi connectivity index (χ1n) is 8.31. The molecule has 1 aromatic carbocycles. The van der Waals surface area contributed by atoms with E-state index in [0.29, 0.717) is 17.0 Å². The topological polar surface area (TPSA) is 94.1 Å². The number of benzene rings is 1. The van der Waals surface area contributed by atoms with Crippen molar-refractivity contribution < 1.29 is 14.0 Å². The number of anilines is 1. The highest BCUT2D eigenvalue weighted by Crippen LogP contribution is 2.19. The van der Waals surface area contributed by atoms with E-state index in [2.05, 4.69) is 15.6 Å². The van der Waals surface area contributed by atoms with Gasteiger partial charge in [0.2, 0.25) is 5.91 Å². The van der Waals surface area contributed by atoms with Gasteiger partial charge in [-0.25, -0.2) is 4.98 Å². The summed E-state index contributed by atoms with van der Waals surface area (Å²) in [6.45, 7) is -0.130. The Kier molecular flexibility index (Phi) is 4.21. The van der Waals surface area contributed by atoms with Crippen LogP contribution in [0.4, 0.5) is 5.69 Å². The van der Waals surface area contributed by atoms with E-state index in [0.717, 1.165) is 11.2 Å². The molecule has 0 fully saturated rings. The van der Waals surface area contributed by atoms with Gasteiger partial charge in [-0.05, 0) is 24.3 Å². The van der Waals surface area contributed by atoms with Crippen LogP contribution in [-0.2, 0) is 11.8 Å². The van der Waals surface area contributed by atoms with Gasteiger partial charge < -0.3 is 24.2 Å². The second-order valence-electron chi connectivity index (χ2n) is 6.01. The van der Waals surface area contributed by atoms with Crippen LogP contribution >= 0.6 is 0 Å². The van der Waals surface area contributed by atoms with Gasteiger partial charge in [-0.3, -0.25) is 9.59 Å². The standard InChI is InChI=1S/C19H17N5O3/c1-23-15-6-9-27-17(15)10-16(23)19(26)21-11-18(25)22-13-2-4-14(5-3-13)24-8-7-20-12-24/h2-10,12H,11H2,1H3,(H,21,26)(H,22,25). The molecule has 2 N–H and O–H groups in total. The van der Waals surface area contributed by atoms with Crippen LogP contribution in [0.25, 0.3) is 16.8 Å². The summed E-state index contributed by atoms with van der Waals surface area (Å²) in [7, 11) is 1.77. The zero-order valence-electron chi connectivity index (χ0n) is 14.5. The Morgan fingerprint density at radius 1 is 1.19 bits per heavy atom. The smallest absolute Gasteiger partial charge is 0.268 e. The number of hydrogen-bond donors (Lipinski definition) is 2. The monoisotopic (exact) mass is 363 g/mol. The highest BCUT2D eigenvalue weighted by molar-refractivity contribution is 6.00.